The van der Waals surface area contributed by atoms with Gasteiger partial charge in [0.15, 0.2) is 0 Å². The van der Waals surface area contributed by atoms with Gasteiger partial charge in [0.2, 0.25) is 0 Å². The molecule has 1 heterocycles. The Morgan fingerprint density at radius 1 is 1.39 bits per heavy atom. The molecule has 2 nitrogen and oxygen atoms in total. The van der Waals surface area contributed by atoms with E-state index in [0.717, 1.165) is 17.3 Å². The monoisotopic (exact) mass is 262 g/mol. The molecule has 0 N–H and O–H groups in total. The van der Waals surface area contributed by atoms with Gasteiger partial charge < -0.3 is 4.57 Å². The van der Waals surface area contributed by atoms with Crippen LogP contribution in [0, 0.1) is 12.8 Å². The number of hydrogen-bond acceptors (Lipinski definition) is 1. The fourth-order valence-electron chi connectivity index (χ4n) is 3.33. The van der Waals surface area contributed by atoms with E-state index in [2.05, 4.69) is 36.6 Å². The van der Waals surface area contributed by atoms with Gasteiger partial charge >= 0.3 is 0 Å². The number of alkyl halides is 1. The highest BCUT2D eigenvalue weighted by molar-refractivity contribution is 6.16. The molecule has 1 aromatic carbocycles. The van der Waals surface area contributed by atoms with Crippen LogP contribution in [0.3, 0.4) is 0 Å². The summed E-state index contributed by atoms with van der Waals surface area (Å²) >= 11 is 6.10. The molecule has 1 aliphatic rings. The minimum absolute atomic E-state index is 0.497. The van der Waals surface area contributed by atoms with Crippen LogP contribution >= 0.6 is 11.6 Å². The Morgan fingerprint density at radius 2 is 2.22 bits per heavy atom. The number of aryl methyl sites for hydroxylation is 1. The number of nitrogens with zero attached hydrogens (tertiary/aromatic N) is 2. The van der Waals surface area contributed by atoms with Crippen molar-refractivity contribution in [2.75, 3.05) is 0 Å². The highest BCUT2D eigenvalue weighted by atomic mass is 35.5. The van der Waals surface area contributed by atoms with Crippen LogP contribution in [0.2, 0.25) is 0 Å². The number of hydrogen-bond donors (Lipinski definition) is 0. The predicted molar refractivity (Wildman–Crippen MR) is 76.1 cm³/mol. The van der Waals surface area contributed by atoms with E-state index in [1.54, 1.807) is 0 Å². The van der Waals surface area contributed by atoms with E-state index in [1.165, 1.54) is 30.3 Å². The van der Waals surface area contributed by atoms with E-state index < -0.39 is 0 Å². The van der Waals surface area contributed by atoms with Crippen molar-refractivity contribution in [1.82, 2.24) is 9.55 Å². The van der Waals surface area contributed by atoms with Gasteiger partial charge in [0.05, 0.1) is 16.9 Å². The second-order valence-electron chi connectivity index (χ2n) is 5.45. The van der Waals surface area contributed by atoms with Gasteiger partial charge in [-0.2, -0.15) is 0 Å². The molecule has 3 heteroatoms. The number of para-hydroxylation sites is 1. The number of rotatable bonds is 2. The lowest BCUT2D eigenvalue weighted by molar-refractivity contribution is 0.408. The minimum Gasteiger partial charge on any atom is -0.323 e. The molecule has 3 rings (SSSR count). The largest absolute Gasteiger partial charge is 0.323 e. The molecule has 1 saturated carbocycles. The number of benzene rings is 1. The van der Waals surface area contributed by atoms with Gasteiger partial charge in [0, 0.05) is 6.04 Å². The molecule has 0 radical (unpaired) electrons. The molecule has 1 fully saturated rings. The van der Waals surface area contributed by atoms with Crippen LogP contribution in [0.1, 0.15) is 43.6 Å². The lowest BCUT2D eigenvalue weighted by Crippen LogP contribution is -2.14. The molecule has 0 aliphatic heterocycles. The summed E-state index contributed by atoms with van der Waals surface area (Å²) in [5.41, 5.74) is 3.67. The quantitative estimate of drug-likeness (QED) is 0.732. The van der Waals surface area contributed by atoms with Crippen LogP contribution in [0.4, 0.5) is 0 Å². The Bertz CT molecular complexity index is 573. The summed E-state index contributed by atoms with van der Waals surface area (Å²) in [5, 5.41) is 0. The fraction of sp³-hybridized carbons (Fsp3) is 0.533. The fourth-order valence-corrected chi connectivity index (χ4v) is 3.52. The third-order valence-corrected chi connectivity index (χ3v) is 4.49. The normalized spacial score (nSPS) is 23.9. The Kier molecular flexibility index (Phi) is 3.06. The molecule has 2 aromatic rings. The van der Waals surface area contributed by atoms with Crippen molar-refractivity contribution in [3.8, 4) is 0 Å². The zero-order chi connectivity index (χ0) is 12.7. The van der Waals surface area contributed by atoms with Crippen molar-refractivity contribution in [3.63, 3.8) is 0 Å². The molecule has 2 unspecified atom stereocenters. The first-order valence-electron chi connectivity index (χ1n) is 6.74. The summed E-state index contributed by atoms with van der Waals surface area (Å²) < 4.78 is 2.41. The second kappa shape index (κ2) is 4.58. The van der Waals surface area contributed by atoms with Crippen LogP contribution in [0.15, 0.2) is 18.2 Å². The summed E-state index contributed by atoms with van der Waals surface area (Å²) in [6.07, 6.45) is 3.89. The Hall–Kier alpha value is -1.02. The van der Waals surface area contributed by atoms with E-state index in [4.69, 9.17) is 16.6 Å². The molecule has 18 heavy (non-hydrogen) atoms. The minimum atomic E-state index is 0.497. The van der Waals surface area contributed by atoms with E-state index in [-0.39, 0.29) is 0 Å². The third-order valence-electron chi connectivity index (χ3n) is 4.25. The highest BCUT2D eigenvalue weighted by Crippen LogP contribution is 2.39. The topological polar surface area (TPSA) is 17.8 Å². The second-order valence-corrected chi connectivity index (χ2v) is 5.72. The standard InChI is InChI=1S/C15H19ClN2/c1-10-5-4-8-13(10)18-14(9-16)17-12-7-3-6-11(2)15(12)18/h3,6-7,10,13H,4-5,8-9H2,1-2H3. The molecular weight excluding hydrogens is 244 g/mol. The van der Waals surface area contributed by atoms with Gasteiger partial charge in [-0.1, -0.05) is 25.5 Å². The summed E-state index contributed by atoms with van der Waals surface area (Å²) in [6, 6.07) is 6.91. The van der Waals surface area contributed by atoms with Crippen LogP contribution in [-0.4, -0.2) is 9.55 Å². The van der Waals surface area contributed by atoms with Gasteiger partial charge in [0.1, 0.15) is 5.82 Å². The molecule has 2 atom stereocenters. The smallest absolute Gasteiger partial charge is 0.125 e. The van der Waals surface area contributed by atoms with Crippen LogP contribution in [-0.2, 0) is 5.88 Å². The summed E-state index contributed by atoms with van der Waals surface area (Å²) in [6.45, 7) is 4.51. The maximum absolute atomic E-state index is 6.10. The number of aromatic nitrogens is 2. The summed E-state index contributed by atoms with van der Waals surface area (Å²) in [4.78, 5) is 4.70. The van der Waals surface area contributed by atoms with Gasteiger partial charge in [-0.3, -0.25) is 0 Å². The maximum atomic E-state index is 6.10. The van der Waals surface area contributed by atoms with Crippen molar-refractivity contribution in [3.05, 3.63) is 29.6 Å². The Morgan fingerprint density at radius 3 is 2.89 bits per heavy atom. The highest BCUT2D eigenvalue weighted by Gasteiger charge is 2.28. The zero-order valence-electron chi connectivity index (χ0n) is 11.0. The maximum Gasteiger partial charge on any atom is 0.125 e. The average molecular weight is 263 g/mol. The number of imidazole rings is 1. The van der Waals surface area contributed by atoms with Gasteiger partial charge in [0.25, 0.3) is 0 Å². The lowest BCUT2D eigenvalue weighted by atomic mass is 10.1. The Labute approximate surface area is 113 Å². The van der Waals surface area contributed by atoms with E-state index >= 15 is 0 Å². The van der Waals surface area contributed by atoms with Gasteiger partial charge in [-0.15, -0.1) is 11.6 Å². The van der Waals surface area contributed by atoms with Crippen molar-refractivity contribution >= 4 is 22.6 Å². The number of halogens is 1. The molecule has 1 aliphatic carbocycles. The first-order valence-corrected chi connectivity index (χ1v) is 7.28. The Balaban J connectivity index is 2.25. The SMILES string of the molecule is Cc1cccc2nc(CCl)n(C3CCCC3C)c12. The van der Waals surface area contributed by atoms with Crippen molar-refractivity contribution in [1.29, 1.82) is 0 Å². The average Bonchev–Trinajstić information content (AvgIpc) is 2.92. The molecule has 0 saturated heterocycles. The lowest BCUT2D eigenvalue weighted by Gasteiger charge is -2.21. The van der Waals surface area contributed by atoms with Crippen LogP contribution in [0.25, 0.3) is 11.0 Å². The first-order chi connectivity index (χ1) is 8.72. The van der Waals surface area contributed by atoms with E-state index in [1.807, 2.05) is 0 Å². The molecule has 0 spiro atoms. The first kappa shape index (κ1) is 12.0. The zero-order valence-corrected chi connectivity index (χ0v) is 11.7. The predicted octanol–water partition coefficient (Wildman–Crippen LogP) is 4.44. The van der Waals surface area contributed by atoms with E-state index in [9.17, 15) is 0 Å². The summed E-state index contributed by atoms with van der Waals surface area (Å²) in [7, 11) is 0. The molecular formula is C15H19ClN2. The van der Waals surface area contributed by atoms with Crippen molar-refractivity contribution < 1.29 is 0 Å². The van der Waals surface area contributed by atoms with Crippen molar-refractivity contribution in [2.45, 2.75) is 45.0 Å². The molecule has 1 aromatic heterocycles. The van der Waals surface area contributed by atoms with Gasteiger partial charge in [-0.25, -0.2) is 4.98 Å². The van der Waals surface area contributed by atoms with Crippen molar-refractivity contribution in [2.24, 2.45) is 5.92 Å². The molecule has 96 valence electrons. The number of fused-ring (bicyclic) bond motifs is 1. The van der Waals surface area contributed by atoms with E-state index in [0.29, 0.717) is 11.9 Å². The third kappa shape index (κ3) is 1.74. The van der Waals surface area contributed by atoms with Gasteiger partial charge in [-0.05, 0) is 37.3 Å². The molecule has 0 bridgehead atoms. The van der Waals surface area contributed by atoms with Crippen LogP contribution < -0.4 is 0 Å². The van der Waals surface area contributed by atoms with Crippen LogP contribution in [0.5, 0.6) is 0 Å². The molecule has 0 amide bonds. The summed E-state index contributed by atoms with van der Waals surface area (Å²) in [5.74, 6) is 2.25.